The molecule has 194 valence electrons. The number of carbonyl (C=O) groups is 2. The summed E-state index contributed by atoms with van der Waals surface area (Å²) in [5, 5.41) is 17.5. The van der Waals surface area contributed by atoms with E-state index >= 15 is 0 Å². The molecule has 0 atom stereocenters. The average molecular weight is 508 g/mol. The number of benzene rings is 1. The van der Waals surface area contributed by atoms with E-state index in [1.165, 1.54) is 13.8 Å². The number of rotatable bonds is 8. The Labute approximate surface area is 214 Å². The number of nitrogens with one attached hydrogen (secondary N) is 3. The molecule has 10 heteroatoms. The van der Waals surface area contributed by atoms with E-state index in [1.54, 1.807) is 30.5 Å². The van der Waals surface area contributed by atoms with Crippen LogP contribution in [0.25, 0.3) is 22.4 Å². The maximum atomic E-state index is 13.7. The van der Waals surface area contributed by atoms with Gasteiger partial charge in [-0.25, -0.2) is 19.2 Å². The fourth-order valence-corrected chi connectivity index (χ4v) is 4.30. The SMILES string of the molecule is CC(=O)Nc1cc(-c2cc(-c3cc(NC(=O)NC4CC(C)(F)C4)ccc3C)cc(OCCO)n2)ccn1. The van der Waals surface area contributed by atoms with Gasteiger partial charge in [0.1, 0.15) is 18.1 Å². The summed E-state index contributed by atoms with van der Waals surface area (Å²) in [6.45, 7) is 4.79. The first-order valence-electron chi connectivity index (χ1n) is 12.0. The number of anilines is 2. The van der Waals surface area contributed by atoms with Gasteiger partial charge in [-0.3, -0.25) is 4.79 Å². The number of carbonyl (C=O) groups excluding carboxylic acids is 2. The molecule has 4 N–H and O–H groups in total. The van der Waals surface area contributed by atoms with E-state index in [2.05, 4.69) is 25.9 Å². The number of aliphatic hydroxyl groups excluding tert-OH is 1. The van der Waals surface area contributed by atoms with E-state index in [-0.39, 0.29) is 31.2 Å². The molecule has 0 radical (unpaired) electrons. The number of aromatic nitrogens is 2. The number of urea groups is 1. The van der Waals surface area contributed by atoms with E-state index in [4.69, 9.17) is 4.74 Å². The zero-order valence-corrected chi connectivity index (χ0v) is 21.0. The summed E-state index contributed by atoms with van der Waals surface area (Å²) in [6, 6.07) is 12.1. The molecule has 0 spiro atoms. The quantitative estimate of drug-likeness (QED) is 0.357. The van der Waals surface area contributed by atoms with Crippen LogP contribution in [0.3, 0.4) is 0 Å². The third-order valence-electron chi connectivity index (χ3n) is 5.99. The highest BCUT2D eigenvalue weighted by atomic mass is 19.1. The Morgan fingerprint density at radius 3 is 2.62 bits per heavy atom. The summed E-state index contributed by atoms with van der Waals surface area (Å²) in [6.07, 6.45) is 2.18. The predicted molar refractivity (Wildman–Crippen MR) is 139 cm³/mol. The van der Waals surface area contributed by atoms with Crippen LogP contribution in [-0.2, 0) is 4.79 Å². The minimum absolute atomic E-state index is 0.0726. The Bertz CT molecular complexity index is 1310. The molecule has 1 aliphatic carbocycles. The van der Waals surface area contributed by atoms with Crippen LogP contribution in [0, 0.1) is 6.92 Å². The number of aryl methyl sites for hydroxylation is 1. The third kappa shape index (κ3) is 6.79. The van der Waals surface area contributed by atoms with E-state index in [0.717, 1.165) is 16.7 Å². The van der Waals surface area contributed by atoms with Gasteiger partial charge < -0.3 is 25.8 Å². The van der Waals surface area contributed by atoms with Gasteiger partial charge >= 0.3 is 6.03 Å². The maximum Gasteiger partial charge on any atom is 0.319 e. The van der Waals surface area contributed by atoms with Gasteiger partial charge in [-0.05, 0) is 60.9 Å². The van der Waals surface area contributed by atoms with Crippen molar-refractivity contribution in [2.75, 3.05) is 23.8 Å². The molecule has 9 nitrogen and oxygen atoms in total. The van der Waals surface area contributed by atoms with E-state index in [9.17, 15) is 19.1 Å². The summed E-state index contributed by atoms with van der Waals surface area (Å²) in [4.78, 5) is 32.6. The van der Waals surface area contributed by atoms with Gasteiger partial charge in [0.25, 0.3) is 0 Å². The van der Waals surface area contributed by atoms with Gasteiger partial charge in [0, 0.05) is 49.3 Å². The molecule has 0 aliphatic heterocycles. The summed E-state index contributed by atoms with van der Waals surface area (Å²) in [5.74, 6) is 0.468. The second-order valence-electron chi connectivity index (χ2n) is 9.41. The Kier molecular flexibility index (Phi) is 7.68. The number of halogens is 1. The molecule has 2 aromatic heterocycles. The lowest BCUT2D eigenvalue weighted by Gasteiger charge is -2.38. The number of pyridine rings is 2. The lowest BCUT2D eigenvalue weighted by atomic mass is 9.79. The molecule has 4 rings (SSSR count). The summed E-state index contributed by atoms with van der Waals surface area (Å²) in [5.41, 5.74) is 3.22. The van der Waals surface area contributed by atoms with Crippen molar-refractivity contribution >= 4 is 23.4 Å². The van der Waals surface area contributed by atoms with Crippen LogP contribution in [0.2, 0.25) is 0 Å². The van der Waals surface area contributed by atoms with Gasteiger partial charge in [0.2, 0.25) is 11.8 Å². The minimum Gasteiger partial charge on any atom is -0.475 e. The zero-order valence-electron chi connectivity index (χ0n) is 21.0. The highest BCUT2D eigenvalue weighted by Gasteiger charge is 2.41. The molecule has 1 fully saturated rings. The Balaban J connectivity index is 1.63. The molecule has 3 aromatic rings. The van der Waals surface area contributed by atoms with Crippen molar-refractivity contribution < 1.29 is 23.8 Å². The van der Waals surface area contributed by atoms with Gasteiger partial charge in [0.15, 0.2) is 0 Å². The predicted octanol–water partition coefficient (Wildman–Crippen LogP) is 4.46. The van der Waals surface area contributed by atoms with Crippen LogP contribution in [0.5, 0.6) is 5.88 Å². The number of aliphatic hydroxyl groups is 1. The van der Waals surface area contributed by atoms with Crippen LogP contribution in [-0.4, -0.2) is 51.9 Å². The highest BCUT2D eigenvalue weighted by Crippen LogP contribution is 2.36. The van der Waals surface area contributed by atoms with Crippen LogP contribution in [0.1, 0.15) is 32.3 Å². The monoisotopic (exact) mass is 507 g/mol. The first-order chi connectivity index (χ1) is 17.6. The zero-order chi connectivity index (χ0) is 26.6. The fraction of sp³-hybridized carbons (Fsp3) is 0.333. The van der Waals surface area contributed by atoms with Crippen molar-refractivity contribution in [1.82, 2.24) is 15.3 Å². The van der Waals surface area contributed by atoms with Crippen LogP contribution in [0.15, 0.2) is 48.7 Å². The van der Waals surface area contributed by atoms with E-state index < -0.39 is 5.67 Å². The summed E-state index contributed by atoms with van der Waals surface area (Å²) < 4.78 is 19.4. The molecule has 1 saturated carbocycles. The molecule has 0 saturated heterocycles. The second-order valence-corrected chi connectivity index (χ2v) is 9.41. The van der Waals surface area contributed by atoms with Crippen LogP contribution < -0.4 is 20.7 Å². The van der Waals surface area contributed by atoms with Crippen molar-refractivity contribution in [1.29, 1.82) is 0 Å². The third-order valence-corrected chi connectivity index (χ3v) is 5.99. The highest BCUT2D eigenvalue weighted by molar-refractivity contribution is 5.91. The van der Waals surface area contributed by atoms with Crippen molar-refractivity contribution in [2.45, 2.75) is 45.3 Å². The van der Waals surface area contributed by atoms with Gasteiger partial charge in [-0.15, -0.1) is 0 Å². The molecule has 0 bridgehead atoms. The molecule has 3 amide bonds. The molecule has 37 heavy (non-hydrogen) atoms. The molecule has 0 unspecified atom stereocenters. The molecular formula is C27H30FN5O4. The number of hydrogen-bond donors (Lipinski definition) is 4. The lowest BCUT2D eigenvalue weighted by Crippen LogP contribution is -2.52. The summed E-state index contributed by atoms with van der Waals surface area (Å²) in [7, 11) is 0. The van der Waals surface area contributed by atoms with Crippen molar-refractivity contribution in [3.05, 3.63) is 54.2 Å². The maximum absolute atomic E-state index is 13.7. The Hall–Kier alpha value is -4.05. The topological polar surface area (TPSA) is 125 Å². The molecular weight excluding hydrogens is 477 g/mol. The number of alkyl halides is 1. The first kappa shape index (κ1) is 26.0. The number of ether oxygens (including phenoxy) is 1. The number of hydrogen-bond acceptors (Lipinski definition) is 6. The van der Waals surface area contributed by atoms with E-state index in [0.29, 0.717) is 41.5 Å². The number of amides is 3. The standard InChI is InChI=1S/C27H30FN5O4/c1-16-4-5-20(31-26(36)32-21-14-27(3,28)15-21)13-22(16)19-10-23(33-25(12-19)37-9-8-34)18-6-7-29-24(11-18)30-17(2)35/h4-7,10-13,21,34H,8-9,14-15H2,1-3H3,(H,29,30,35)(H2,31,32,36). The largest absolute Gasteiger partial charge is 0.475 e. The van der Waals surface area contributed by atoms with Gasteiger partial charge in [0.05, 0.1) is 12.3 Å². The Morgan fingerprint density at radius 2 is 1.92 bits per heavy atom. The Morgan fingerprint density at radius 1 is 1.14 bits per heavy atom. The van der Waals surface area contributed by atoms with Crippen LogP contribution >= 0.6 is 0 Å². The van der Waals surface area contributed by atoms with Crippen molar-refractivity contribution in [3.8, 4) is 28.3 Å². The second kappa shape index (κ2) is 10.9. The lowest BCUT2D eigenvalue weighted by molar-refractivity contribution is -0.114. The molecule has 1 aromatic carbocycles. The van der Waals surface area contributed by atoms with Crippen molar-refractivity contribution in [3.63, 3.8) is 0 Å². The average Bonchev–Trinajstić information content (AvgIpc) is 2.82. The molecule has 1 aliphatic rings. The smallest absolute Gasteiger partial charge is 0.319 e. The van der Waals surface area contributed by atoms with Crippen molar-refractivity contribution in [2.24, 2.45) is 0 Å². The van der Waals surface area contributed by atoms with Gasteiger partial charge in [-0.1, -0.05) is 6.07 Å². The van der Waals surface area contributed by atoms with Gasteiger partial charge in [-0.2, -0.15) is 0 Å². The summed E-state index contributed by atoms with van der Waals surface area (Å²) >= 11 is 0. The normalized spacial score (nSPS) is 18.5. The minimum atomic E-state index is -1.22. The number of nitrogens with zero attached hydrogens (tertiary/aromatic N) is 2. The molecule has 2 heterocycles. The fourth-order valence-electron chi connectivity index (χ4n) is 4.30. The first-order valence-corrected chi connectivity index (χ1v) is 12.0. The van der Waals surface area contributed by atoms with E-state index in [1.807, 2.05) is 25.1 Å². The van der Waals surface area contributed by atoms with Crippen LogP contribution in [0.4, 0.5) is 20.7 Å².